The van der Waals surface area contributed by atoms with Gasteiger partial charge in [0.15, 0.2) is 23.0 Å². The molecule has 0 N–H and O–H groups in total. The Morgan fingerprint density at radius 3 is 1.62 bits per heavy atom. The van der Waals surface area contributed by atoms with Crippen LogP contribution in [0.2, 0.25) is 0 Å². The standard InChI is InChI=1S/C24H27O7P/c1-4-7-8-13-18-32(27,30-21-16-11-9-14-19(21)28-23(25)5-2)31-22-17-12-10-15-20(22)29-24(26)6-3/h5-6,9-12,14-17H,2-4,7-8,13,18H2,1H3. The Morgan fingerprint density at radius 2 is 1.22 bits per heavy atom. The van der Waals surface area contributed by atoms with Gasteiger partial charge >= 0.3 is 19.5 Å². The summed E-state index contributed by atoms with van der Waals surface area (Å²) in [6.07, 6.45) is 5.56. The van der Waals surface area contributed by atoms with E-state index in [4.69, 9.17) is 18.5 Å². The molecule has 0 heterocycles. The van der Waals surface area contributed by atoms with Crippen molar-refractivity contribution in [3.05, 3.63) is 73.8 Å². The number of benzene rings is 2. The molecular formula is C24H27O7P. The molecule has 0 unspecified atom stereocenters. The first kappa shape index (κ1) is 25.0. The van der Waals surface area contributed by atoms with E-state index < -0.39 is 19.5 Å². The topological polar surface area (TPSA) is 88.1 Å². The van der Waals surface area contributed by atoms with Crippen molar-refractivity contribution < 1.29 is 32.7 Å². The van der Waals surface area contributed by atoms with Crippen LogP contribution in [-0.4, -0.2) is 18.1 Å². The zero-order chi connectivity index (χ0) is 23.4. The first-order valence-corrected chi connectivity index (χ1v) is 12.0. The number of para-hydroxylation sites is 4. The molecule has 2 aromatic rings. The second kappa shape index (κ2) is 12.5. The van der Waals surface area contributed by atoms with Crippen LogP contribution in [0.25, 0.3) is 0 Å². The van der Waals surface area contributed by atoms with Gasteiger partial charge in [-0.05, 0) is 30.7 Å². The summed E-state index contributed by atoms with van der Waals surface area (Å²) in [5, 5.41) is 0. The minimum absolute atomic E-state index is 0.0844. The number of carbonyl (C=O) groups excluding carboxylic acids is 2. The zero-order valence-corrected chi connectivity index (χ0v) is 18.9. The molecule has 0 amide bonds. The molecule has 0 atom stereocenters. The maximum absolute atomic E-state index is 13.8. The third-order valence-corrected chi connectivity index (χ3v) is 6.03. The number of esters is 2. The Morgan fingerprint density at radius 1 is 0.781 bits per heavy atom. The van der Waals surface area contributed by atoms with E-state index >= 15 is 0 Å². The molecule has 2 rings (SSSR count). The van der Waals surface area contributed by atoms with Crippen LogP contribution in [0.1, 0.15) is 32.6 Å². The molecule has 0 aliphatic rings. The largest absolute Gasteiger partial charge is 0.430 e. The Balaban J connectivity index is 2.34. The van der Waals surface area contributed by atoms with Crippen molar-refractivity contribution >= 4 is 19.5 Å². The van der Waals surface area contributed by atoms with Crippen LogP contribution < -0.4 is 18.5 Å². The first-order chi connectivity index (χ1) is 15.4. The van der Waals surface area contributed by atoms with E-state index in [0.717, 1.165) is 31.4 Å². The van der Waals surface area contributed by atoms with Gasteiger partial charge < -0.3 is 18.5 Å². The van der Waals surface area contributed by atoms with Gasteiger partial charge in [-0.25, -0.2) is 14.2 Å². The number of ether oxygens (including phenoxy) is 2. The maximum Gasteiger partial charge on any atom is 0.430 e. The summed E-state index contributed by atoms with van der Waals surface area (Å²) in [5.74, 6) is -1.02. The fraction of sp³-hybridized carbons (Fsp3) is 0.250. The molecule has 0 aliphatic carbocycles. The molecule has 0 aromatic heterocycles. The third-order valence-electron chi connectivity index (χ3n) is 4.21. The number of carbonyl (C=O) groups is 2. The number of hydrogen-bond acceptors (Lipinski definition) is 7. The van der Waals surface area contributed by atoms with Crippen molar-refractivity contribution in [2.24, 2.45) is 0 Å². The highest BCUT2D eigenvalue weighted by Crippen LogP contribution is 2.52. The van der Waals surface area contributed by atoms with E-state index in [1.165, 1.54) is 24.3 Å². The molecule has 0 radical (unpaired) electrons. The summed E-state index contributed by atoms with van der Waals surface area (Å²) < 4.78 is 35.8. The van der Waals surface area contributed by atoms with Crippen LogP contribution in [0.3, 0.4) is 0 Å². The molecule has 0 aliphatic heterocycles. The molecule has 0 saturated heterocycles. The van der Waals surface area contributed by atoms with Gasteiger partial charge in [-0.15, -0.1) is 0 Å². The Bertz CT molecular complexity index is 928. The van der Waals surface area contributed by atoms with Gasteiger partial charge in [0.05, 0.1) is 6.16 Å². The summed E-state index contributed by atoms with van der Waals surface area (Å²) in [6.45, 7) is 8.81. The van der Waals surface area contributed by atoms with Gasteiger partial charge in [0.1, 0.15) is 0 Å². The fourth-order valence-corrected chi connectivity index (χ4v) is 4.39. The van der Waals surface area contributed by atoms with Crippen LogP contribution >= 0.6 is 7.60 Å². The van der Waals surface area contributed by atoms with Gasteiger partial charge in [0.25, 0.3) is 0 Å². The van der Waals surface area contributed by atoms with Crippen molar-refractivity contribution in [3.63, 3.8) is 0 Å². The lowest BCUT2D eigenvalue weighted by atomic mass is 10.2. The van der Waals surface area contributed by atoms with Crippen molar-refractivity contribution in [1.29, 1.82) is 0 Å². The molecule has 0 spiro atoms. The minimum atomic E-state index is -3.80. The predicted molar refractivity (Wildman–Crippen MR) is 122 cm³/mol. The van der Waals surface area contributed by atoms with E-state index in [0.29, 0.717) is 6.42 Å². The highest BCUT2D eigenvalue weighted by atomic mass is 31.2. The average Bonchev–Trinajstić information content (AvgIpc) is 2.79. The molecule has 0 bridgehead atoms. The fourth-order valence-electron chi connectivity index (χ4n) is 2.66. The molecule has 8 heteroatoms. The zero-order valence-electron chi connectivity index (χ0n) is 18.0. The lowest BCUT2D eigenvalue weighted by Gasteiger charge is -2.22. The summed E-state index contributed by atoms with van der Waals surface area (Å²) in [5.41, 5.74) is 0. The highest BCUT2D eigenvalue weighted by Gasteiger charge is 2.30. The molecule has 0 saturated carbocycles. The van der Waals surface area contributed by atoms with Crippen LogP contribution in [0.5, 0.6) is 23.0 Å². The minimum Gasteiger partial charge on any atom is -0.419 e. The van der Waals surface area contributed by atoms with Crippen LogP contribution in [-0.2, 0) is 14.2 Å². The monoisotopic (exact) mass is 458 g/mol. The Labute approximate surface area is 188 Å². The number of unbranched alkanes of at least 4 members (excludes halogenated alkanes) is 3. The van der Waals surface area contributed by atoms with Gasteiger partial charge in [0, 0.05) is 12.2 Å². The molecule has 7 nitrogen and oxygen atoms in total. The molecule has 2 aromatic carbocycles. The summed E-state index contributed by atoms with van der Waals surface area (Å²) in [6, 6.07) is 12.7. The SMILES string of the molecule is C=CC(=O)Oc1ccccc1OP(=O)(CCCCCC)Oc1ccccc1OC(=O)C=C. The van der Waals surface area contributed by atoms with Crippen molar-refractivity contribution in [1.82, 2.24) is 0 Å². The highest BCUT2D eigenvalue weighted by molar-refractivity contribution is 7.54. The second-order valence-corrected chi connectivity index (χ2v) is 8.76. The van der Waals surface area contributed by atoms with Crippen molar-refractivity contribution in [2.45, 2.75) is 32.6 Å². The molecule has 32 heavy (non-hydrogen) atoms. The smallest absolute Gasteiger partial charge is 0.419 e. The van der Waals surface area contributed by atoms with E-state index in [2.05, 4.69) is 20.1 Å². The summed E-state index contributed by atoms with van der Waals surface area (Å²) in [4.78, 5) is 23.3. The van der Waals surface area contributed by atoms with E-state index in [-0.39, 0.29) is 29.2 Å². The quantitative estimate of drug-likeness (QED) is 0.118. The third kappa shape index (κ3) is 7.75. The number of hydrogen-bond donors (Lipinski definition) is 0. The maximum atomic E-state index is 13.8. The lowest BCUT2D eigenvalue weighted by Crippen LogP contribution is -2.10. The van der Waals surface area contributed by atoms with Gasteiger partial charge in [-0.2, -0.15) is 0 Å². The van der Waals surface area contributed by atoms with E-state index in [1.807, 2.05) is 0 Å². The summed E-state index contributed by atoms with van der Waals surface area (Å²) >= 11 is 0. The Kier molecular flexibility index (Phi) is 9.76. The van der Waals surface area contributed by atoms with Crippen molar-refractivity contribution in [2.75, 3.05) is 6.16 Å². The number of rotatable bonds is 13. The van der Waals surface area contributed by atoms with Crippen LogP contribution in [0, 0.1) is 0 Å². The normalized spacial score (nSPS) is 10.7. The lowest BCUT2D eigenvalue weighted by molar-refractivity contribution is -0.129. The van der Waals surface area contributed by atoms with Gasteiger partial charge in [-0.3, -0.25) is 0 Å². The molecule has 170 valence electrons. The van der Waals surface area contributed by atoms with Gasteiger partial charge in [-0.1, -0.05) is 63.6 Å². The second-order valence-electron chi connectivity index (χ2n) is 6.72. The molecular weight excluding hydrogens is 431 g/mol. The predicted octanol–water partition coefficient (Wildman–Crippen LogP) is 6.10. The van der Waals surface area contributed by atoms with Gasteiger partial charge in [0.2, 0.25) is 0 Å². The average molecular weight is 458 g/mol. The first-order valence-electron chi connectivity index (χ1n) is 10.3. The van der Waals surface area contributed by atoms with E-state index in [9.17, 15) is 14.2 Å². The molecule has 0 fully saturated rings. The van der Waals surface area contributed by atoms with Crippen LogP contribution in [0.15, 0.2) is 73.8 Å². The Hall–Kier alpha value is -3.31. The summed E-state index contributed by atoms with van der Waals surface area (Å²) in [7, 11) is -3.80. The van der Waals surface area contributed by atoms with Crippen molar-refractivity contribution in [3.8, 4) is 23.0 Å². The van der Waals surface area contributed by atoms with Crippen LogP contribution in [0.4, 0.5) is 0 Å². The van der Waals surface area contributed by atoms with E-state index in [1.54, 1.807) is 24.3 Å².